The molecule has 1 aliphatic heterocycles. The van der Waals surface area contributed by atoms with E-state index < -0.39 is 0 Å². The molecule has 1 saturated heterocycles. The molecule has 27 heavy (non-hydrogen) atoms. The normalized spacial score (nSPS) is 17.1. The van der Waals surface area contributed by atoms with Crippen LogP contribution in [0.1, 0.15) is 45.0 Å². The number of benzene rings is 1. The zero-order valence-corrected chi connectivity index (χ0v) is 17.3. The Bertz CT molecular complexity index is 800. The molecule has 1 aromatic heterocycles. The summed E-state index contributed by atoms with van der Waals surface area (Å²) in [5, 5.41) is 0. The van der Waals surface area contributed by atoms with E-state index >= 15 is 0 Å². The highest BCUT2D eigenvalue weighted by atomic mass is 16.5. The number of carbonyl (C=O) groups excluding carboxylic acids is 1. The van der Waals surface area contributed by atoms with Gasteiger partial charge in [-0.15, -0.1) is 0 Å². The Hall–Kier alpha value is -2.43. The third kappa shape index (κ3) is 3.97. The summed E-state index contributed by atoms with van der Waals surface area (Å²) in [7, 11) is 1.68. The second-order valence-corrected chi connectivity index (χ2v) is 8.87. The zero-order chi connectivity index (χ0) is 19.8. The molecule has 146 valence electrons. The average molecular weight is 370 g/mol. The van der Waals surface area contributed by atoms with Crippen molar-refractivity contribution in [3.63, 3.8) is 0 Å². The van der Waals surface area contributed by atoms with Gasteiger partial charge in [0, 0.05) is 43.3 Å². The van der Waals surface area contributed by atoms with E-state index in [0.29, 0.717) is 6.54 Å². The van der Waals surface area contributed by atoms with Gasteiger partial charge in [-0.3, -0.25) is 4.79 Å². The van der Waals surface area contributed by atoms with Gasteiger partial charge in [0.25, 0.3) is 5.91 Å². The van der Waals surface area contributed by atoms with E-state index in [1.807, 2.05) is 35.5 Å². The van der Waals surface area contributed by atoms with Gasteiger partial charge in [-0.05, 0) is 65.0 Å². The fourth-order valence-corrected chi connectivity index (χ4v) is 3.69. The first kappa shape index (κ1) is 19.3. The molecule has 0 radical (unpaired) electrons. The van der Waals surface area contributed by atoms with Gasteiger partial charge in [-0.25, -0.2) is 0 Å². The number of piperazine rings is 1. The first-order valence-corrected chi connectivity index (χ1v) is 9.51. The minimum absolute atomic E-state index is 0.0230. The van der Waals surface area contributed by atoms with Crippen LogP contribution in [0.25, 0.3) is 0 Å². The Morgan fingerprint density at radius 1 is 1.07 bits per heavy atom. The molecule has 0 unspecified atom stereocenters. The summed E-state index contributed by atoms with van der Waals surface area (Å²) in [4.78, 5) is 17.4. The lowest BCUT2D eigenvalue weighted by Gasteiger charge is -2.48. The average Bonchev–Trinajstić information content (AvgIpc) is 3.11. The van der Waals surface area contributed by atoms with E-state index in [4.69, 9.17) is 4.74 Å². The van der Waals surface area contributed by atoms with Crippen molar-refractivity contribution in [2.75, 3.05) is 31.6 Å². The van der Waals surface area contributed by atoms with Crippen LogP contribution < -0.4 is 9.64 Å². The molecule has 0 spiro atoms. The van der Waals surface area contributed by atoms with E-state index in [-0.39, 0.29) is 17.0 Å². The zero-order valence-electron chi connectivity index (χ0n) is 17.3. The van der Waals surface area contributed by atoms with Crippen LogP contribution in [0.3, 0.4) is 0 Å². The Labute approximate surface area is 162 Å². The van der Waals surface area contributed by atoms with Crippen LogP contribution in [0.5, 0.6) is 5.75 Å². The predicted molar refractivity (Wildman–Crippen MR) is 110 cm³/mol. The van der Waals surface area contributed by atoms with Crippen molar-refractivity contribution in [2.24, 2.45) is 0 Å². The first-order valence-electron chi connectivity index (χ1n) is 9.51. The highest BCUT2D eigenvalue weighted by Crippen LogP contribution is 2.30. The van der Waals surface area contributed by atoms with Crippen LogP contribution in [0.2, 0.25) is 0 Å². The summed E-state index contributed by atoms with van der Waals surface area (Å²) in [6, 6.07) is 10.1. The molecule has 3 rings (SSSR count). The lowest BCUT2D eigenvalue weighted by Crippen LogP contribution is -2.60. The Kier molecular flexibility index (Phi) is 4.98. The molecule has 1 aromatic carbocycles. The number of nitrogens with zero attached hydrogens (tertiary/aromatic N) is 3. The van der Waals surface area contributed by atoms with Crippen LogP contribution >= 0.6 is 0 Å². The molecule has 0 bridgehead atoms. The van der Waals surface area contributed by atoms with Crippen LogP contribution in [0, 0.1) is 0 Å². The van der Waals surface area contributed by atoms with Crippen molar-refractivity contribution in [2.45, 2.75) is 45.7 Å². The van der Waals surface area contributed by atoms with Gasteiger partial charge in [0.2, 0.25) is 0 Å². The number of aromatic nitrogens is 1. The molecule has 2 aromatic rings. The molecule has 5 nitrogen and oxygen atoms in total. The molecule has 0 saturated carbocycles. The number of hydrogen-bond acceptors (Lipinski definition) is 3. The van der Waals surface area contributed by atoms with E-state index in [1.165, 1.54) is 0 Å². The Morgan fingerprint density at radius 2 is 1.74 bits per heavy atom. The van der Waals surface area contributed by atoms with Crippen LogP contribution in [-0.2, 0) is 5.54 Å². The fraction of sp³-hybridized carbons (Fsp3) is 0.500. The summed E-state index contributed by atoms with van der Waals surface area (Å²) in [6.07, 6.45) is 3.96. The van der Waals surface area contributed by atoms with Gasteiger partial charge in [0.1, 0.15) is 5.75 Å². The number of carbonyl (C=O) groups is 1. The quantitative estimate of drug-likeness (QED) is 0.821. The standard InChI is InChI=1S/C22H31N3O2/c1-21(2,3)24-12-11-17(15-24)20(26)23-13-14-25(22(4,5)16-23)18-7-9-19(27-6)10-8-18/h7-12,15H,13-14,16H2,1-6H3. The summed E-state index contributed by atoms with van der Waals surface area (Å²) in [5.41, 5.74) is 1.75. The van der Waals surface area contributed by atoms with E-state index in [2.05, 4.69) is 56.2 Å². The number of methoxy groups -OCH3 is 1. The molecule has 1 fully saturated rings. The van der Waals surface area contributed by atoms with Crippen LogP contribution in [0.4, 0.5) is 5.69 Å². The summed E-state index contributed by atoms with van der Waals surface area (Å²) in [6.45, 7) is 13.0. The molecule has 0 aliphatic carbocycles. The molecular formula is C22H31N3O2. The van der Waals surface area contributed by atoms with Gasteiger partial charge < -0.3 is 19.1 Å². The topological polar surface area (TPSA) is 37.7 Å². The van der Waals surface area contributed by atoms with Crippen molar-refractivity contribution in [1.29, 1.82) is 0 Å². The maximum atomic E-state index is 13.0. The van der Waals surface area contributed by atoms with Gasteiger partial charge in [0.15, 0.2) is 0 Å². The third-order valence-electron chi connectivity index (χ3n) is 5.29. The maximum absolute atomic E-state index is 13.0. The molecule has 1 amide bonds. The summed E-state index contributed by atoms with van der Waals surface area (Å²) >= 11 is 0. The molecule has 5 heteroatoms. The van der Waals surface area contributed by atoms with E-state index in [0.717, 1.165) is 30.1 Å². The lowest BCUT2D eigenvalue weighted by atomic mass is 9.97. The Balaban J connectivity index is 1.74. The largest absolute Gasteiger partial charge is 0.497 e. The number of amides is 1. The second kappa shape index (κ2) is 6.95. The minimum Gasteiger partial charge on any atom is -0.497 e. The van der Waals surface area contributed by atoms with E-state index in [9.17, 15) is 4.79 Å². The smallest absolute Gasteiger partial charge is 0.255 e. The summed E-state index contributed by atoms with van der Waals surface area (Å²) in [5.74, 6) is 0.967. The molecule has 2 heterocycles. The second-order valence-electron chi connectivity index (χ2n) is 8.87. The number of ether oxygens (including phenoxy) is 1. The van der Waals surface area contributed by atoms with Crippen molar-refractivity contribution >= 4 is 11.6 Å². The highest BCUT2D eigenvalue weighted by Gasteiger charge is 2.36. The van der Waals surface area contributed by atoms with E-state index in [1.54, 1.807) is 7.11 Å². The van der Waals surface area contributed by atoms with Crippen LogP contribution in [0.15, 0.2) is 42.7 Å². The molecule has 1 aliphatic rings. The van der Waals surface area contributed by atoms with Crippen molar-refractivity contribution < 1.29 is 9.53 Å². The fourth-order valence-electron chi connectivity index (χ4n) is 3.69. The number of hydrogen-bond donors (Lipinski definition) is 0. The monoisotopic (exact) mass is 369 g/mol. The van der Waals surface area contributed by atoms with Crippen molar-refractivity contribution in [3.8, 4) is 5.75 Å². The minimum atomic E-state index is -0.144. The highest BCUT2D eigenvalue weighted by molar-refractivity contribution is 5.94. The molecule has 0 N–H and O–H groups in total. The lowest BCUT2D eigenvalue weighted by molar-refractivity contribution is 0.0686. The SMILES string of the molecule is COc1ccc(N2CCN(C(=O)c3ccn(C(C)(C)C)c3)CC2(C)C)cc1. The van der Waals surface area contributed by atoms with Crippen molar-refractivity contribution in [3.05, 3.63) is 48.3 Å². The van der Waals surface area contributed by atoms with Gasteiger partial charge in [-0.1, -0.05) is 0 Å². The van der Waals surface area contributed by atoms with Gasteiger partial charge in [-0.2, -0.15) is 0 Å². The summed E-state index contributed by atoms with van der Waals surface area (Å²) < 4.78 is 7.35. The first-order chi connectivity index (χ1) is 12.6. The van der Waals surface area contributed by atoms with Crippen molar-refractivity contribution in [1.82, 2.24) is 9.47 Å². The molecular weight excluding hydrogens is 338 g/mol. The third-order valence-corrected chi connectivity index (χ3v) is 5.29. The van der Waals surface area contributed by atoms with Gasteiger partial charge in [0.05, 0.1) is 18.2 Å². The number of anilines is 1. The molecule has 0 atom stereocenters. The number of rotatable bonds is 3. The predicted octanol–water partition coefficient (Wildman–Crippen LogP) is 3.99. The Morgan fingerprint density at radius 3 is 2.26 bits per heavy atom. The van der Waals surface area contributed by atoms with Crippen LogP contribution in [-0.4, -0.2) is 47.7 Å². The van der Waals surface area contributed by atoms with Gasteiger partial charge >= 0.3 is 0 Å². The maximum Gasteiger partial charge on any atom is 0.255 e.